The Morgan fingerprint density at radius 3 is 2.43 bits per heavy atom. The van der Waals surface area contributed by atoms with Gasteiger partial charge in [0.15, 0.2) is 0 Å². The third kappa shape index (κ3) is 2.59. The normalized spacial score (nSPS) is 27.7. The molecule has 0 saturated carbocycles. The van der Waals surface area contributed by atoms with E-state index in [9.17, 15) is 19.5 Å². The summed E-state index contributed by atoms with van der Waals surface area (Å²) in [6, 6.07) is 6.39. The van der Waals surface area contributed by atoms with Crippen LogP contribution in [0, 0.1) is 11.8 Å². The predicted molar refractivity (Wildman–Crippen MR) is 78.8 cm³/mol. The Hall–Kier alpha value is -2.67. The van der Waals surface area contributed by atoms with Gasteiger partial charge in [0, 0.05) is 0 Å². The van der Waals surface area contributed by atoms with Gasteiger partial charge < -0.3 is 19.9 Å². The molecular weight excluding hydrogens is 302 g/mol. The fourth-order valence-corrected chi connectivity index (χ4v) is 3.01. The summed E-state index contributed by atoms with van der Waals surface area (Å²) < 4.78 is 10.1. The number of rotatable bonds is 4. The molecule has 2 heterocycles. The van der Waals surface area contributed by atoms with Gasteiger partial charge in [-0.3, -0.25) is 9.59 Å². The number of anilines is 1. The van der Waals surface area contributed by atoms with E-state index in [1.54, 1.807) is 30.4 Å². The smallest absolute Gasteiger partial charge is 0.339 e. The molecular formula is C16H15NO6. The van der Waals surface area contributed by atoms with E-state index in [2.05, 4.69) is 10.1 Å². The summed E-state index contributed by atoms with van der Waals surface area (Å²) >= 11 is 0. The fourth-order valence-electron chi connectivity index (χ4n) is 3.01. The van der Waals surface area contributed by atoms with Crippen molar-refractivity contribution in [3.05, 3.63) is 42.0 Å². The second-order valence-corrected chi connectivity index (χ2v) is 5.37. The number of fused-ring (bicyclic) bond motifs is 2. The monoisotopic (exact) mass is 317 g/mol. The van der Waals surface area contributed by atoms with E-state index < -0.39 is 41.9 Å². The number of para-hydroxylation sites is 1. The number of hydrogen-bond donors (Lipinski definition) is 2. The Labute approximate surface area is 131 Å². The van der Waals surface area contributed by atoms with Crippen molar-refractivity contribution in [3.8, 4) is 0 Å². The topological polar surface area (TPSA) is 102 Å². The van der Waals surface area contributed by atoms with Gasteiger partial charge in [-0.25, -0.2) is 4.79 Å². The average Bonchev–Trinajstić information content (AvgIpc) is 3.15. The molecule has 120 valence electrons. The van der Waals surface area contributed by atoms with E-state index >= 15 is 0 Å². The first-order valence-corrected chi connectivity index (χ1v) is 7.07. The van der Waals surface area contributed by atoms with Gasteiger partial charge >= 0.3 is 11.9 Å². The zero-order valence-electron chi connectivity index (χ0n) is 12.3. The van der Waals surface area contributed by atoms with E-state index in [1.807, 2.05) is 0 Å². The highest BCUT2D eigenvalue weighted by atomic mass is 16.5. The summed E-state index contributed by atoms with van der Waals surface area (Å²) in [5.74, 6) is -3.93. The lowest BCUT2D eigenvalue weighted by molar-refractivity contribution is -0.145. The average molecular weight is 317 g/mol. The lowest BCUT2D eigenvalue weighted by Gasteiger charge is -2.21. The van der Waals surface area contributed by atoms with E-state index in [0.29, 0.717) is 0 Å². The third-order valence-electron chi connectivity index (χ3n) is 4.08. The van der Waals surface area contributed by atoms with Gasteiger partial charge in [0.05, 0.1) is 36.5 Å². The van der Waals surface area contributed by atoms with Crippen LogP contribution in [-0.2, 0) is 19.1 Å². The molecule has 2 bridgehead atoms. The largest absolute Gasteiger partial charge is 0.481 e. The van der Waals surface area contributed by atoms with E-state index in [0.717, 1.165) is 0 Å². The number of methoxy groups -OCH3 is 1. The molecule has 1 aromatic rings. The number of carbonyl (C=O) groups excluding carboxylic acids is 2. The number of aliphatic carboxylic acids is 1. The zero-order chi connectivity index (χ0) is 16.6. The Morgan fingerprint density at radius 1 is 1.13 bits per heavy atom. The molecule has 7 heteroatoms. The molecule has 0 aromatic heterocycles. The van der Waals surface area contributed by atoms with Gasteiger partial charge in [-0.05, 0) is 12.1 Å². The SMILES string of the molecule is COC(=O)c1ccccc1NC(=O)[C@H]1[C@H](C(=O)O)[C@H]2C=C[C@H]1O2. The van der Waals surface area contributed by atoms with Crippen LogP contribution in [0.4, 0.5) is 5.69 Å². The lowest BCUT2D eigenvalue weighted by Crippen LogP contribution is -2.39. The van der Waals surface area contributed by atoms with Crippen molar-refractivity contribution in [2.75, 3.05) is 12.4 Å². The van der Waals surface area contributed by atoms with Crippen molar-refractivity contribution < 1.29 is 29.0 Å². The van der Waals surface area contributed by atoms with Crippen LogP contribution >= 0.6 is 0 Å². The Kier molecular flexibility index (Phi) is 3.87. The summed E-state index contributed by atoms with van der Waals surface area (Å²) in [5, 5.41) is 12.0. The highest BCUT2D eigenvalue weighted by Gasteiger charge is 2.53. The Morgan fingerprint density at radius 2 is 1.78 bits per heavy atom. The number of esters is 1. The van der Waals surface area contributed by atoms with Gasteiger partial charge in [-0.2, -0.15) is 0 Å². The van der Waals surface area contributed by atoms with Crippen molar-refractivity contribution in [2.45, 2.75) is 12.2 Å². The van der Waals surface area contributed by atoms with Crippen LogP contribution in [-0.4, -0.2) is 42.3 Å². The zero-order valence-corrected chi connectivity index (χ0v) is 12.3. The first-order chi connectivity index (χ1) is 11.0. The molecule has 1 saturated heterocycles. The van der Waals surface area contributed by atoms with Gasteiger partial charge in [0.25, 0.3) is 0 Å². The molecule has 1 aromatic carbocycles. The quantitative estimate of drug-likeness (QED) is 0.636. The van der Waals surface area contributed by atoms with E-state index in [4.69, 9.17) is 4.74 Å². The van der Waals surface area contributed by atoms with Crippen LogP contribution in [0.1, 0.15) is 10.4 Å². The molecule has 0 radical (unpaired) electrons. The number of benzene rings is 1. The third-order valence-corrected chi connectivity index (χ3v) is 4.08. The van der Waals surface area contributed by atoms with E-state index in [1.165, 1.54) is 13.2 Å². The number of amides is 1. The van der Waals surface area contributed by atoms with Crippen molar-refractivity contribution in [3.63, 3.8) is 0 Å². The summed E-state index contributed by atoms with van der Waals surface area (Å²) in [7, 11) is 1.25. The van der Waals surface area contributed by atoms with Crippen LogP contribution in [0.5, 0.6) is 0 Å². The van der Waals surface area contributed by atoms with Gasteiger partial charge in [0.2, 0.25) is 5.91 Å². The first-order valence-electron chi connectivity index (χ1n) is 7.07. The standard InChI is InChI=1S/C16H15NO6/c1-22-16(21)8-4-2-3-5-9(8)17-14(18)12-10-6-7-11(23-10)13(12)15(19)20/h2-7,10-13H,1H3,(H,17,18)(H,19,20)/t10-,11-,12-,13-/m1/s1. The summed E-state index contributed by atoms with van der Waals surface area (Å²) in [6.07, 6.45) is 2.20. The van der Waals surface area contributed by atoms with Crippen molar-refractivity contribution in [1.82, 2.24) is 0 Å². The molecule has 7 nitrogen and oxygen atoms in total. The minimum atomic E-state index is -1.08. The molecule has 1 fully saturated rings. The van der Waals surface area contributed by atoms with Gasteiger partial charge in [-0.1, -0.05) is 24.3 Å². The van der Waals surface area contributed by atoms with Crippen LogP contribution in [0.15, 0.2) is 36.4 Å². The summed E-state index contributed by atoms with van der Waals surface area (Å²) in [6.45, 7) is 0. The number of ether oxygens (including phenoxy) is 2. The first kappa shape index (κ1) is 15.2. The maximum Gasteiger partial charge on any atom is 0.339 e. The Bertz CT molecular complexity index is 698. The molecule has 0 aliphatic carbocycles. The molecule has 1 amide bonds. The number of carbonyl (C=O) groups is 3. The molecule has 0 spiro atoms. The maximum atomic E-state index is 12.5. The minimum absolute atomic E-state index is 0.204. The Balaban J connectivity index is 1.84. The van der Waals surface area contributed by atoms with Crippen LogP contribution in [0.3, 0.4) is 0 Å². The molecule has 23 heavy (non-hydrogen) atoms. The highest BCUT2D eigenvalue weighted by Crippen LogP contribution is 2.40. The summed E-state index contributed by atoms with van der Waals surface area (Å²) in [4.78, 5) is 35.7. The molecule has 3 rings (SSSR count). The molecule has 2 aliphatic rings. The van der Waals surface area contributed by atoms with Crippen LogP contribution in [0.25, 0.3) is 0 Å². The van der Waals surface area contributed by atoms with Crippen molar-refractivity contribution in [2.24, 2.45) is 11.8 Å². The number of carboxylic acids is 1. The van der Waals surface area contributed by atoms with Crippen LogP contribution < -0.4 is 5.32 Å². The number of carboxylic acid groups (broad SMARTS) is 1. The van der Waals surface area contributed by atoms with Crippen molar-refractivity contribution in [1.29, 1.82) is 0 Å². The fraction of sp³-hybridized carbons (Fsp3) is 0.312. The highest BCUT2D eigenvalue weighted by molar-refractivity contribution is 6.03. The van der Waals surface area contributed by atoms with E-state index in [-0.39, 0.29) is 11.3 Å². The van der Waals surface area contributed by atoms with Crippen LogP contribution in [0.2, 0.25) is 0 Å². The second-order valence-electron chi connectivity index (χ2n) is 5.37. The number of hydrogen-bond acceptors (Lipinski definition) is 5. The lowest BCUT2D eigenvalue weighted by atomic mass is 9.82. The minimum Gasteiger partial charge on any atom is -0.481 e. The van der Waals surface area contributed by atoms with Gasteiger partial charge in [0.1, 0.15) is 5.92 Å². The predicted octanol–water partition coefficient (Wildman–Crippen LogP) is 1.07. The second kappa shape index (κ2) is 5.85. The van der Waals surface area contributed by atoms with Crippen molar-refractivity contribution >= 4 is 23.5 Å². The molecule has 2 N–H and O–H groups in total. The molecule has 2 aliphatic heterocycles. The summed E-state index contributed by atoms with van der Waals surface area (Å²) in [5.41, 5.74) is 0.482. The molecule has 4 atom stereocenters. The molecule has 0 unspecified atom stereocenters. The number of nitrogens with one attached hydrogen (secondary N) is 1. The maximum absolute atomic E-state index is 12.5. The van der Waals surface area contributed by atoms with Gasteiger partial charge in [-0.15, -0.1) is 0 Å².